The summed E-state index contributed by atoms with van der Waals surface area (Å²) in [6.45, 7) is 0.331. The minimum atomic E-state index is -0.442. The molecule has 0 atom stereocenters. The van der Waals surface area contributed by atoms with Crippen LogP contribution in [0, 0.1) is 17.7 Å². The number of aryl methyl sites for hydroxylation is 1. The molecule has 28 heavy (non-hydrogen) atoms. The van der Waals surface area contributed by atoms with Crippen LogP contribution in [0.5, 0.6) is 0 Å². The van der Waals surface area contributed by atoms with Gasteiger partial charge in [-0.15, -0.1) is 0 Å². The zero-order valence-corrected chi connectivity index (χ0v) is 15.1. The standard InChI is InChI=1S/C19H15FN6O2/c1-24-17-15(18(27)25(2)19(24)28)22-16(23-17)13-10-21-26(11-13)9-3-4-12-5-7-14(20)8-6-12/h5-8,10-11H,9H2,1-2H3,(H,22,23). The normalized spacial score (nSPS) is 10.8. The minimum absolute atomic E-state index is 0.253. The van der Waals surface area contributed by atoms with Gasteiger partial charge < -0.3 is 4.98 Å². The van der Waals surface area contributed by atoms with Gasteiger partial charge in [-0.2, -0.15) is 5.10 Å². The summed E-state index contributed by atoms with van der Waals surface area (Å²) in [6.07, 6.45) is 3.33. The molecule has 0 unspecified atom stereocenters. The van der Waals surface area contributed by atoms with Crippen LogP contribution in [0.4, 0.5) is 4.39 Å². The lowest BCUT2D eigenvalue weighted by Gasteiger charge is -2.00. The summed E-state index contributed by atoms with van der Waals surface area (Å²) in [5.74, 6) is 6.03. The number of benzene rings is 1. The van der Waals surface area contributed by atoms with Gasteiger partial charge in [-0.25, -0.2) is 14.2 Å². The number of imidazole rings is 1. The Labute approximate surface area is 157 Å². The maximum atomic E-state index is 12.9. The van der Waals surface area contributed by atoms with E-state index in [0.29, 0.717) is 23.5 Å². The van der Waals surface area contributed by atoms with Crippen molar-refractivity contribution in [3.05, 3.63) is 68.9 Å². The third kappa shape index (κ3) is 3.01. The molecule has 9 heteroatoms. The molecular weight excluding hydrogens is 363 g/mol. The van der Waals surface area contributed by atoms with Crippen LogP contribution >= 0.6 is 0 Å². The van der Waals surface area contributed by atoms with E-state index < -0.39 is 11.2 Å². The molecule has 1 N–H and O–H groups in total. The van der Waals surface area contributed by atoms with Gasteiger partial charge in [0.05, 0.1) is 11.8 Å². The highest BCUT2D eigenvalue weighted by molar-refractivity contribution is 5.75. The fraction of sp³-hybridized carbons (Fsp3) is 0.158. The Bertz CT molecular complexity index is 1360. The number of nitrogens with zero attached hydrogens (tertiary/aromatic N) is 5. The van der Waals surface area contributed by atoms with Crippen LogP contribution in [-0.4, -0.2) is 28.9 Å². The van der Waals surface area contributed by atoms with Gasteiger partial charge in [0.2, 0.25) is 0 Å². The van der Waals surface area contributed by atoms with Crippen LogP contribution in [0.1, 0.15) is 5.56 Å². The first-order valence-electron chi connectivity index (χ1n) is 8.37. The van der Waals surface area contributed by atoms with Gasteiger partial charge >= 0.3 is 5.69 Å². The average Bonchev–Trinajstić information content (AvgIpc) is 3.33. The molecule has 4 rings (SSSR count). The lowest BCUT2D eigenvalue weighted by molar-refractivity contribution is 0.627. The van der Waals surface area contributed by atoms with Crippen molar-refractivity contribution in [1.29, 1.82) is 0 Å². The fourth-order valence-electron chi connectivity index (χ4n) is 2.79. The minimum Gasteiger partial charge on any atom is -0.332 e. The molecule has 0 saturated heterocycles. The lowest BCUT2D eigenvalue weighted by atomic mass is 10.2. The molecule has 0 aliphatic heterocycles. The Balaban J connectivity index is 1.62. The predicted molar refractivity (Wildman–Crippen MR) is 101 cm³/mol. The van der Waals surface area contributed by atoms with E-state index >= 15 is 0 Å². The topological polar surface area (TPSA) is 90.5 Å². The van der Waals surface area contributed by atoms with E-state index in [-0.39, 0.29) is 17.0 Å². The SMILES string of the molecule is Cn1c(=O)c2[nH]c(-c3cnn(CC#Cc4ccc(F)cc4)c3)nc2n(C)c1=O. The monoisotopic (exact) mass is 378 g/mol. The van der Waals surface area contributed by atoms with Gasteiger partial charge in [0.15, 0.2) is 5.65 Å². The largest absolute Gasteiger partial charge is 0.332 e. The second kappa shape index (κ2) is 6.66. The molecule has 140 valence electrons. The molecule has 0 amide bonds. The number of nitrogens with one attached hydrogen (secondary N) is 1. The second-order valence-electron chi connectivity index (χ2n) is 6.23. The number of aromatic amines is 1. The molecule has 4 aromatic rings. The molecule has 0 saturated carbocycles. The van der Waals surface area contributed by atoms with Crippen molar-refractivity contribution in [1.82, 2.24) is 28.9 Å². The van der Waals surface area contributed by atoms with Gasteiger partial charge in [0.25, 0.3) is 5.56 Å². The summed E-state index contributed by atoms with van der Waals surface area (Å²) in [7, 11) is 2.98. The van der Waals surface area contributed by atoms with E-state index in [4.69, 9.17) is 0 Å². The van der Waals surface area contributed by atoms with Crippen LogP contribution in [-0.2, 0) is 20.6 Å². The van der Waals surface area contributed by atoms with Crippen molar-refractivity contribution in [2.75, 3.05) is 0 Å². The number of H-pyrrole nitrogens is 1. The zero-order chi connectivity index (χ0) is 19.8. The van der Waals surface area contributed by atoms with Gasteiger partial charge in [-0.1, -0.05) is 11.8 Å². The van der Waals surface area contributed by atoms with Crippen LogP contribution in [0.2, 0.25) is 0 Å². The summed E-state index contributed by atoms with van der Waals surface area (Å²) in [5, 5.41) is 4.23. The molecule has 0 radical (unpaired) electrons. The lowest BCUT2D eigenvalue weighted by Crippen LogP contribution is -2.36. The molecule has 3 heterocycles. The van der Waals surface area contributed by atoms with Crippen molar-refractivity contribution in [2.45, 2.75) is 6.54 Å². The Morgan fingerprint density at radius 2 is 1.89 bits per heavy atom. The molecule has 3 aromatic heterocycles. The highest BCUT2D eigenvalue weighted by Crippen LogP contribution is 2.17. The number of hydrogen-bond acceptors (Lipinski definition) is 4. The summed E-state index contributed by atoms with van der Waals surface area (Å²) in [4.78, 5) is 31.6. The van der Waals surface area contributed by atoms with Crippen LogP contribution in [0.3, 0.4) is 0 Å². The first-order chi connectivity index (χ1) is 13.4. The van der Waals surface area contributed by atoms with E-state index in [9.17, 15) is 14.0 Å². The van der Waals surface area contributed by atoms with E-state index in [1.807, 2.05) is 0 Å². The van der Waals surface area contributed by atoms with E-state index in [1.165, 1.54) is 23.7 Å². The Hall–Kier alpha value is -3.93. The van der Waals surface area contributed by atoms with E-state index in [2.05, 4.69) is 26.9 Å². The fourth-order valence-corrected chi connectivity index (χ4v) is 2.79. The van der Waals surface area contributed by atoms with Crippen molar-refractivity contribution in [3.8, 4) is 23.2 Å². The highest BCUT2D eigenvalue weighted by Gasteiger charge is 2.15. The molecule has 0 aliphatic carbocycles. The molecule has 0 spiro atoms. The number of aromatic nitrogens is 6. The van der Waals surface area contributed by atoms with Crippen molar-refractivity contribution in [2.24, 2.45) is 14.1 Å². The molecule has 8 nitrogen and oxygen atoms in total. The first kappa shape index (κ1) is 17.5. The summed E-state index contributed by atoms with van der Waals surface area (Å²) < 4.78 is 16.9. The molecule has 0 aliphatic rings. The molecule has 0 bridgehead atoms. The summed E-state index contributed by atoms with van der Waals surface area (Å²) in [6, 6.07) is 5.93. The number of rotatable bonds is 2. The van der Waals surface area contributed by atoms with Crippen molar-refractivity contribution < 1.29 is 4.39 Å². The van der Waals surface area contributed by atoms with Gasteiger partial charge in [0, 0.05) is 25.9 Å². The van der Waals surface area contributed by atoms with E-state index in [0.717, 1.165) is 4.57 Å². The number of hydrogen-bond donors (Lipinski definition) is 1. The first-order valence-corrected chi connectivity index (χ1v) is 8.37. The van der Waals surface area contributed by atoms with E-state index in [1.54, 1.807) is 36.3 Å². The van der Waals surface area contributed by atoms with Gasteiger partial charge in [0.1, 0.15) is 23.7 Å². The van der Waals surface area contributed by atoms with Crippen molar-refractivity contribution in [3.63, 3.8) is 0 Å². The van der Waals surface area contributed by atoms with Crippen LogP contribution in [0.15, 0.2) is 46.2 Å². The Morgan fingerprint density at radius 1 is 1.14 bits per heavy atom. The predicted octanol–water partition coefficient (Wildman–Crippen LogP) is 1.01. The molecule has 0 fully saturated rings. The molecule has 1 aromatic carbocycles. The number of halogens is 1. The van der Waals surface area contributed by atoms with Crippen LogP contribution in [0.25, 0.3) is 22.6 Å². The van der Waals surface area contributed by atoms with Gasteiger partial charge in [-0.05, 0) is 24.3 Å². The quantitative estimate of drug-likeness (QED) is 0.527. The van der Waals surface area contributed by atoms with Crippen LogP contribution < -0.4 is 11.2 Å². The Kier molecular flexibility index (Phi) is 4.16. The van der Waals surface area contributed by atoms with Crippen molar-refractivity contribution >= 4 is 11.2 Å². The van der Waals surface area contributed by atoms with Gasteiger partial charge in [-0.3, -0.25) is 18.6 Å². The number of fused-ring (bicyclic) bond motifs is 1. The second-order valence-corrected chi connectivity index (χ2v) is 6.23. The summed E-state index contributed by atoms with van der Waals surface area (Å²) >= 11 is 0. The average molecular weight is 378 g/mol. The third-order valence-corrected chi connectivity index (χ3v) is 4.32. The molecular formula is C19H15FN6O2. The maximum absolute atomic E-state index is 12.9. The summed E-state index contributed by atoms with van der Waals surface area (Å²) in [5.41, 5.74) is 1.03. The smallest absolute Gasteiger partial charge is 0.332 e. The zero-order valence-electron chi connectivity index (χ0n) is 15.1. The Morgan fingerprint density at radius 3 is 2.64 bits per heavy atom. The highest BCUT2D eigenvalue weighted by atomic mass is 19.1. The third-order valence-electron chi connectivity index (χ3n) is 4.32. The maximum Gasteiger partial charge on any atom is 0.332 e.